The molecule has 0 aliphatic rings. The van der Waals surface area contributed by atoms with Gasteiger partial charge in [-0.05, 0) is 0 Å². The fourth-order valence-electron chi connectivity index (χ4n) is 0. The normalized spacial score (nSPS) is 6.00. The molecule has 0 heterocycles. The van der Waals surface area contributed by atoms with Crippen molar-refractivity contribution in [1.82, 2.24) is 0 Å². The molecule has 0 aromatic rings. The molecule has 0 rings (SSSR count). The van der Waals surface area contributed by atoms with Gasteiger partial charge in [-0.3, -0.25) is 0 Å². The molecular formula is C3H8NTi-. The van der Waals surface area contributed by atoms with Crippen LogP contribution in [0, 0.1) is 0 Å². The molecule has 0 aliphatic carbocycles. The van der Waals surface area contributed by atoms with Gasteiger partial charge in [-0.2, -0.15) is 6.54 Å². The molecule has 1 nitrogen and oxygen atoms in total. The van der Waals surface area contributed by atoms with Crippen molar-refractivity contribution >= 4 is 0 Å². The van der Waals surface area contributed by atoms with Gasteiger partial charge in [-0.15, -0.1) is 0 Å². The molecule has 0 unspecified atom stereocenters. The fraction of sp³-hybridized carbons (Fsp3) is 1.00. The number of rotatable bonds is 1. The van der Waals surface area contributed by atoms with E-state index in [1.54, 1.807) is 0 Å². The van der Waals surface area contributed by atoms with Crippen LogP contribution in [0.3, 0.4) is 0 Å². The van der Waals surface area contributed by atoms with Crippen LogP contribution in [-0.2, 0) is 21.7 Å². The Morgan fingerprint density at radius 3 is 1.80 bits per heavy atom. The van der Waals surface area contributed by atoms with Crippen molar-refractivity contribution in [2.75, 3.05) is 6.54 Å². The van der Waals surface area contributed by atoms with Crippen molar-refractivity contribution in [1.29, 1.82) is 0 Å². The van der Waals surface area contributed by atoms with E-state index in [4.69, 9.17) is 5.73 Å². The Hall–Kier alpha value is 0.674. The third-order valence-corrected chi connectivity index (χ3v) is 0.250. The topological polar surface area (TPSA) is 23.8 Å². The minimum atomic E-state index is 0. The maximum Gasteiger partial charge on any atom is 0 e. The van der Waals surface area contributed by atoms with E-state index >= 15 is 0 Å². The summed E-state index contributed by atoms with van der Waals surface area (Å²) in [4.78, 5) is 0. The summed E-state index contributed by atoms with van der Waals surface area (Å²) in [5, 5.41) is 0. The molecule has 0 aliphatic heterocycles. The largest absolute Gasteiger partial charge is 0.677 e. The van der Waals surface area contributed by atoms with Crippen molar-refractivity contribution in [2.45, 2.75) is 13.3 Å². The Bertz CT molecular complexity index is 8.85. The molecule has 0 atom stereocenters. The van der Waals surface area contributed by atoms with Gasteiger partial charge in [-0.25, -0.2) is 0 Å². The quantitative estimate of drug-likeness (QED) is 0.451. The molecule has 0 saturated carbocycles. The van der Waals surface area contributed by atoms with E-state index in [-0.39, 0.29) is 21.7 Å². The number of hydrogen-bond acceptors (Lipinski definition) is 0. The molecule has 0 spiro atoms. The van der Waals surface area contributed by atoms with Crippen LogP contribution in [0.2, 0.25) is 0 Å². The Morgan fingerprint density at radius 2 is 1.80 bits per heavy atom. The molecule has 0 fully saturated rings. The molecule has 30 valence electrons. The van der Waals surface area contributed by atoms with Gasteiger partial charge < -0.3 is 5.73 Å². The predicted molar refractivity (Wildman–Crippen MR) is 19.5 cm³/mol. The first-order chi connectivity index (χ1) is 1.91. The van der Waals surface area contributed by atoms with Crippen molar-refractivity contribution in [2.24, 2.45) is 0 Å². The summed E-state index contributed by atoms with van der Waals surface area (Å²) < 4.78 is 0. The van der Waals surface area contributed by atoms with Gasteiger partial charge in [-0.1, -0.05) is 13.3 Å². The zero-order chi connectivity index (χ0) is 3.41. The van der Waals surface area contributed by atoms with E-state index in [9.17, 15) is 0 Å². The zero-order valence-electron chi connectivity index (χ0n) is 3.41. The van der Waals surface area contributed by atoms with E-state index in [2.05, 4.69) is 0 Å². The first kappa shape index (κ1) is 9.18. The third kappa shape index (κ3) is 11.9. The second-order valence-corrected chi connectivity index (χ2v) is 0.750. The molecule has 0 radical (unpaired) electrons. The van der Waals surface area contributed by atoms with Crippen LogP contribution in [0.5, 0.6) is 0 Å². The summed E-state index contributed by atoms with van der Waals surface area (Å²) in [6.45, 7) is 2.56. The van der Waals surface area contributed by atoms with E-state index in [1.165, 1.54) is 0 Å². The maximum absolute atomic E-state index is 6.45. The van der Waals surface area contributed by atoms with Crippen molar-refractivity contribution in [3.8, 4) is 0 Å². The Kier molecular flexibility index (Phi) is 16.2. The van der Waals surface area contributed by atoms with E-state index in [0.29, 0.717) is 6.54 Å². The van der Waals surface area contributed by atoms with Crippen molar-refractivity contribution in [3.05, 3.63) is 5.73 Å². The van der Waals surface area contributed by atoms with Gasteiger partial charge in [0.1, 0.15) is 0 Å². The summed E-state index contributed by atoms with van der Waals surface area (Å²) in [7, 11) is 0. The average Bonchev–Trinajstić information content (AvgIpc) is 1.37. The molecule has 0 saturated heterocycles. The summed E-state index contributed by atoms with van der Waals surface area (Å²) in [5.41, 5.74) is 6.45. The average molecular weight is 106 g/mol. The van der Waals surface area contributed by atoms with E-state index in [0.717, 1.165) is 6.42 Å². The van der Waals surface area contributed by atoms with Gasteiger partial charge in [0.15, 0.2) is 0 Å². The summed E-state index contributed by atoms with van der Waals surface area (Å²) in [6, 6.07) is 0. The van der Waals surface area contributed by atoms with Crippen LogP contribution in [0.25, 0.3) is 5.73 Å². The summed E-state index contributed by atoms with van der Waals surface area (Å²) >= 11 is 0. The Balaban J connectivity index is 0. The summed E-state index contributed by atoms with van der Waals surface area (Å²) in [6.07, 6.45) is 0.986. The molecule has 0 aromatic carbocycles. The van der Waals surface area contributed by atoms with Crippen LogP contribution >= 0.6 is 0 Å². The van der Waals surface area contributed by atoms with E-state index in [1.807, 2.05) is 6.92 Å². The predicted octanol–water partition coefficient (Wildman–Crippen LogP) is 1.45. The van der Waals surface area contributed by atoms with Gasteiger partial charge in [0.2, 0.25) is 0 Å². The molecule has 5 heavy (non-hydrogen) atoms. The first-order valence-electron chi connectivity index (χ1n) is 1.56. The minimum absolute atomic E-state index is 0. The smallest absolute Gasteiger partial charge is 0 e. The van der Waals surface area contributed by atoms with Gasteiger partial charge in [0.25, 0.3) is 0 Å². The maximum atomic E-state index is 6.45. The van der Waals surface area contributed by atoms with Crippen LogP contribution in [0.4, 0.5) is 0 Å². The number of nitrogens with one attached hydrogen (secondary N) is 1. The summed E-state index contributed by atoms with van der Waals surface area (Å²) in [5.74, 6) is 0. The van der Waals surface area contributed by atoms with Crippen molar-refractivity contribution in [3.63, 3.8) is 0 Å². The Labute approximate surface area is 47.8 Å². The van der Waals surface area contributed by atoms with Crippen molar-refractivity contribution < 1.29 is 21.7 Å². The fourth-order valence-corrected chi connectivity index (χ4v) is 0. The molecule has 1 N–H and O–H groups in total. The van der Waals surface area contributed by atoms with Gasteiger partial charge >= 0.3 is 0 Å². The van der Waals surface area contributed by atoms with Crippen LogP contribution in [-0.4, -0.2) is 6.54 Å². The SMILES string of the molecule is CCC[NH-].[Ti]. The Morgan fingerprint density at radius 1 is 1.60 bits per heavy atom. The first-order valence-corrected chi connectivity index (χ1v) is 1.56. The molecule has 2 heteroatoms. The van der Waals surface area contributed by atoms with E-state index < -0.39 is 0 Å². The van der Waals surface area contributed by atoms with Gasteiger partial charge in [0.05, 0.1) is 0 Å². The van der Waals surface area contributed by atoms with Crippen LogP contribution in [0.15, 0.2) is 0 Å². The molecule has 0 bridgehead atoms. The van der Waals surface area contributed by atoms with Crippen LogP contribution in [0.1, 0.15) is 13.3 Å². The zero-order valence-corrected chi connectivity index (χ0v) is 4.98. The van der Waals surface area contributed by atoms with Crippen LogP contribution < -0.4 is 0 Å². The second-order valence-electron chi connectivity index (χ2n) is 0.750. The third-order valence-electron chi connectivity index (χ3n) is 0.250. The molecule has 0 aromatic heterocycles. The van der Waals surface area contributed by atoms with Gasteiger partial charge in [0, 0.05) is 21.7 Å². The standard InChI is InChI=1S/C3H8N.Ti/c1-2-3-4;/h4H,2-3H2,1H3;/q-1;. The monoisotopic (exact) mass is 106 g/mol. The molecule has 0 amide bonds. The molecular weight excluding hydrogens is 97.9 g/mol. The second kappa shape index (κ2) is 8.82. The minimum Gasteiger partial charge on any atom is -0.677 e. The number of hydrogen-bond donors (Lipinski definition) is 0.